The Balaban J connectivity index is 3.50. The molecule has 0 aliphatic heterocycles. The average molecular weight is 209 g/mol. The van der Waals surface area contributed by atoms with Gasteiger partial charge in [-0.25, -0.2) is 0 Å². The minimum atomic E-state index is -2.12. The van der Waals surface area contributed by atoms with E-state index in [2.05, 4.69) is 0 Å². The molecule has 3 atom stereocenters. The van der Waals surface area contributed by atoms with Crippen molar-refractivity contribution in [1.29, 1.82) is 0 Å². The molecule has 0 aliphatic carbocycles. The molecular formula is C7H18N2O3P+. The van der Waals surface area contributed by atoms with E-state index in [0.29, 0.717) is 6.61 Å². The molecule has 0 spiro atoms. The summed E-state index contributed by atoms with van der Waals surface area (Å²) in [6.45, 7) is 4.13. The monoisotopic (exact) mass is 209 g/mol. The lowest BCUT2D eigenvalue weighted by Crippen LogP contribution is -2.39. The molecule has 0 rings (SSSR count). The van der Waals surface area contributed by atoms with Crippen molar-refractivity contribution in [3.63, 3.8) is 0 Å². The number of rotatable bonds is 7. The lowest BCUT2D eigenvalue weighted by molar-refractivity contribution is 0.150. The van der Waals surface area contributed by atoms with Gasteiger partial charge in [0.2, 0.25) is 0 Å². The number of unbranched alkanes of at least 4 members (excludes halogenated alkanes) is 1. The van der Waals surface area contributed by atoms with Gasteiger partial charge in [0, 0.05) is 10.6 Å². The van der Waals surface area contributed by atoms with E-state index in [0.717, 1.165) is 12.8 Å². The Hall–Kier alpha value is -0.0600. The van der Waals surface area contributed by atoms with E-state index >= 15 is 0 Å². The minimum absolute atomic E-state index is 0.353. The first-order chi connectivity index (χ1) is 6.07. The quantitative estimate of drug-likeness (QED) is 0.372. The van der Waals surface area contributed by atoms with E-state index < -0.39 is 14.5 Å². The van der Waals surface area contributed by atoms with Gasteiger partial charge in [0.15, 0.2) is 6.23 Å². The molecule has 0 amide bonds. The molecule has 4 N–H and O–H groups in total. The summed E-state index contributed by atoms with van der Waals surface area (Å²) in [6.07, 6.45) is 1.12. The third-order valence-corrected chi connectivity index (χ3v) is 2.23. The molecule has 5 nitrogen and oxygen atoms in total. The molecule has 3 unspecified atom stereocenters. The van der Waals surface area contributed by atoms with Crippen molar-refractivity contribution in [3.05, 3.63) is 0 Å². The zero-order valence-electron chi connectivity index (χ0n) is 8.10. The molecule has 0 saturated carbocycles. The van der Waals surface area contributed by atoms with Gasteiger partial charge < -0.3 is 11.5 Å². The molecule has 13 heavy (non-hydrogen) atoms. The van der Waals surface area contributed by atoms with Crippen LogP contribution in [0.5, 0.6) is 0 Å². The fraction of sp³-hybridized carbons (Fsp3) is 1.00. The van der Waals surface area contributed by atoms with Crippen molar-refractivity contribution in [2.75, 3.05) is 6.61 Å². The van der Waals surface area contributed by atoms with Crippen molar-refractivity contribution in [1.82, 2.24) is 0 Å². The van der Waals surface area contributed by atoms with Gasteiger partial charge in [-0.3, -0.25) is 0 Å². The molecule has 0 aromatic heterocycles. The second-order valence-corrected chi connectivity index (χ2v) is 3.76. The Morgan fingerprint density at radius 2 is 2.08 bits per heavy atom. The topological polar surface area (TPSA) is 87.6 Å². The van der Waals surface area contributed by atoms with Crippen molar-refractivity contribution < 1.29 is 13.6 Å². The molecular weight excluding hydrogens is 191 g/mol. The Morgan fingerprint density at radius 1 is 1.46 bits per heavy atom. The van der Waals surface area contributed by atoms with Crippen LogP contribution in [0, 0.1) is 0 Å². The normalized spacial score (nSPS) is 16.8. The molecule has 6 heteroatoms. The number of hydrogen-bond donors (Lipinski definition) is 2. The van der Waals surface area contributed by atoms with Gasteiger partial charge >= 0.3 is 8.25 Å². The van der Waals surface area contributed by atoms with Crippen LogP contribution in [0.1, 0.15) is 26.7 Å². The van der Waals surface area contributed by atoms with Crippen LogP contribution in [-0.4, -0.2) is 18.9 Å². The first kappa shape index (κ1) is 12.9. The van der Waals surface area contributed by atoms with E-state index in [-0.39, 0.29) is 6.04 Å². The number of nitrogens with two attached hydrogens (primary N) is 2. The van der Waals surface area contributed by atoms with Crippen LogP contribution in [0.4, 0.5) is 0 Å². The smallest absolute Gasteiger partial charge is 0.324 e. The maximum atomic E-state index is 11.0. The van der Waals surface area contributed by atoms with Crippen LogP contribution in [-0.2, 0) is 13.6 Å². The highest BCUT2D eigenvalue weighted by Gasteiger charge is 2.26. The SMILES string of the molecule is CCCCO[P+](=O)OC(N)C(C)N. The van der Waals surface area contributed by atoms with Crippen molar-refractivity contribution in [2.24, 2.45) is 11.5 Å². The van der Waals surface area contributed by atoms with Gasteiger partial charge in [-0.15, -0.1) is 4.52 Å². The molecule has 0 bridgehead atoms. The van der Waals surface area contributed by atoms with Crippen molar-refractivity contribution >= 4 is 8.25 Å². The molecule has 0 radical (unpaired) electrons. The number of hydrogen-bond acceptors (Lipinski definition) is 5. The molecule has 0 aliphatic rings. The summed E-state index contributed by atoms with van der Waals surface area (Å²) < 4.78 is 20.7. The standard InChI is InChI=1S/C7H18N2O3P/c1-3-4-5-11-13(10)12-7(9)6(2)8/h6-7H,3-5,8-9H2,1-2H3/q+1. The zero-order valence-corrected chi connectivity index (χ0v) is 9.00. The first-order valence-electron chi connectivity index (χ1n) is 4.36. The molecule has 78 valence electrons. The maximum Gasteiger partial charge on any atom is 0.699 e. The highest BCUT2D eigenvalue weighted by Crippen LogP contribution is 2.25. The van der Waals surface area contributed by atoms with E-state index in [1.165, 1.54) is 0 Å². The van der Waals surface area contributed by atoms with Crippen LogP contribution in [0.15, 0.2) is 0 Å². The lowest BCUT2D eigenvalue weighted by atomic mass is 10.3. The van der Waals surface area contributed by atoms with Gasteiger partial charge in [-0.1, -0.05) is 17.9 Å². The fourth-order valence-electron chi connectivity index (χ4n) is 0.509. The van der Waals surface area contributed by atoms with Gasteiger partial charge in [-0.2, -0.15) is 0 Å². The molecule has 0 saturated heterocycles. The average Bonchev–Trinajstić information content (AvgIpc) is 2.04. The Bertz CT molecular complexity index is 155. The zero-order chi connectivity index (χ0) is 10.3. The molecule has 0 aromatic rings. The summed E-state index contributed by atoms with van der Waals surface area (Å²) in [5, 5.41) is 0. The largest absolute Gasteiger partial charge is 0.699 e. The van der Waals surface area contributed by atoms with Gasteiger partial charge in [-0.05, 0) is 13.3 Å². The predicted molar refractivity (Wildman–Crippen MR) is 51.2 cm³/mol. The fourth-order valence-corrected chi connectivity index (χ4v) is 1.24. The van der Waals surface area contributed by atoms with Crippen LogP contribution in [0.3, 0.4) is 0 Å². The van der Waals surface area contributed by atoms with E-state index in [1.54, 1.807) is 6.92 Å². The molecule has 0 aromatic carbocycles. The summed E-state index contributed by atoms with van der Waals surface area (Å²) in [6, 6.07) is -0.353. The highest BCUT2D eigenvalue weighted by molar-refractivity contribution is 7.33. The Morgan fingerprint density at radius 3 is 2.54 bits per heavy atom. The van der Waals surface area contributed by atoms with Gasteiger partial charge in [0.25, 0.3) is 0 Å². The van der Waals surface area contributed by atoms with Crippen molar-refractivity contribution in [2.45, 2.75) is 39.0 Å². The molecule has 0 fully saturated rings. The Labute approximate surface area is 79.7 Å². The maximum absolute atomic E-state index is 11.0. The first-order valence-corrected chi connectivity index (χ1v) is 5.45. The second-order valence-electron chi connectivity index (χ2n) is 2.84. The Kier molecular flexibility index (Phi) is 7.32. The van der Waals surface area contributed by atoms with E-state index in [4.69, 9.17) is 20.5 Å². The lowest BCUT2D eigenvalue weighted by Gasteiger charge is -2.06. The third-order valence-electron chi connectivity index (χ3n) is 1.42. The van der Waals surface area contributed by atoms with Crippen LogP contribution >= 0.6 is 8.25 Å². The van der Waals surface area contributed by atoms with Crippen LogP contribution in [0.25, 0.3) is 0 Å². The summed E-state index contributed by atoms with van der Waals surface area (Å²) in [5.41, 5.74) is 10.8. The second kappa shape index (κ2) is 7.35. The summed E-state index contributed by atoms with van der Waals surface area (Å²) in [4.78, 5) is 0. The summed E-state index contributed by atoms with van der Waals surface area (Å²) in [7, 11) is -2.12. The third kappa shape index (κ3) is 7.05. The van der Waals surface area contributed by atoms with E-state index in [9.17, 15) is 4.57 Å². The van der Waals surface area contributed by atoms with Crippen LogP contribution < -0.4 is 11.5 Å². The summed E-state index contributed by atoms with van der Waals surface area (Å²) in [5.74, 6) is 0. The highest BCUT2D eigenvalue weighted by atomic mass is 31.1. The minimum Gasteiger partial charge on any atom is -0.324 e. The predicted octanol–water partition coefficient (Wildman–Crippen LogP) is 1.11. The van der Waals surface area contributed by atoms with E-state index in [1.807, 2.05) is 6.92 Å². The molecule has 0 heterocycles. The van der Waals surface area contributed by atoms with Crippen LogP contribution in [0.2, 0.25) is 0 Å². The van der Waals surface area contributed by atoms with Gasteiger partial charge in [0.05, 0.1) is 0 Å². The van der Waals surface area contributed by atoms with Gasteiger partial charge in [0.1, 0.15) is 6.61 Å². The summed E-state index contributed by atoms with van der Waals surface area (Å²) >= 11 is 0. The van der Waals surface area contributed by atoms with Crippen molar-refractivity contribution in [3.8, 4) is 0 Å².